The summed E-state index contributed by atoms with van der Waals surface area (Å²) in [5, 5.41) is 4.13. The summed E-state index contributed by atoms with van der Waals surface area (Å²) in [6.45, 7) is 1.43. The minimum Gasteiger partial charge on any atom is -0.272 e. The molecular formula is C23H21ClFN3O3S. The number of benzene rings is 3. The first-order valence-electron chi connectivity index (χ1n) is 9.63. The number of aryl methyl sites for hydroxylation is 1. The molecule has 0 spiro atoms. The summed E-state index contributed by atoms with van der Waals surface area (Å²) in [5.74, 6) is -1.15. The van der Waals surface area contributed by atoms with E-state index < -0.39 is 28.3 Å². The van der Waals surface area contributed by atoms with E-state index in [0.717, 1.165) is 21.6 Å². The Morgan fingerprint density at radius 1 is 1.06 bits per heavy atom. The lowest BCUT2D eigenvalue weighted by molar-refractivity contribution is -0.121. The lowest BCUT2D eigenvalue weighted by Crippen LogP contribution is -2.39. The molecule has 0 aliphatic carbocycles. The molecule has 1 N–H and O–H groups in total. The van der Waals surface area contributed by atoms with Crippen molar-refractivity contribution in [3.05, 3.63) is 100 Å². The van der Waals surface area contributed by atoms with Crippen molar-refractivity contribution < 1.29 is 17.6 Å². The lowest BCUT2D eigenvalue weighted by Gasteiger charge is -2.21. The standard InChI is InChI=1S/C23H21ClFN3O3S/c1-17-6-8-18(9-7-17)15-28(32(30,31)21-12-10-20(24)11-13-21)16-23(29)27-26-14-19-4-2-3-5-22(19)25/h2-14H,15-16H2,1H3,(H,27,29)/b26-14-. The highest BCUT2D eigenvalue weighted by molar-refractivity contribution is 7.89. The summed E-state index contributed by atoms with van der Waals surface area (Å²) in [4.78, 5) is 12.5. The molecule has 9 heteroatoms. The van der Waals surface area contributed by atoms with Gasteiger partial charge in [-0.25, -0.2) is 18.2 Å². The van der Waals surface area contributed by atoms with Crippen LogP contribution in [0.2, 0.25) is 5.02 Å². The van der Waals surface area contributed by atoms with Crippen molar-refractivity contribution in [3.63, 3.8) is 0 Å². The molecule has 0 unspecified atom stereocenters. The van der Waals surface area contributed by atoms with Gasteiger partial charge < -0.3 is 0 Å². The Balaban J connectivity index is 1.80. The normalized spacial score (nSPS) is 11.8. The lowest BCUT2D eigenvalue weighted by atomic mass is 10.1. The number of nitrogens with zero attached hydrogens (tertiary/aromatic N) is 2. The zero-order valence-corrected chi connectivity index (χ0v) is 18.8. The molecule has 0 fully saturated rings. The van der Waals surface area contributed by atoms with Crippen LogP contribution in [0.15, 0.2) is 82.8 Å². The van der Waals surface area contributed by atoms with Crippen LogP contribution in [0.25, 0.3) is 0 Å². The predicted octanol–water partition coefficient (Wildman–Crippen LogP) is 4.13. The number of sulfonamides is 1. The Kier molecular flexibility index (Phi) is 7.74. The average Bonchev–Trinajstić information content (AvgIpc) is 2.76. The third-order valence-corrected chi connectivity index (χ3v) is 6.61. The molecule has 32 heavy (non-hydrogen) atoms. The highest BCUT2D eigenvalue weighted by atomic mass is 35.5. The highest BCUT2D eigenvalue weighted by Crippen LogP contribution is 2.20. The Hall–Kier alpha value is -3.07. The molecular weight excluding hydrogens is 453 g/mol. The van der Waals surface area contributed by atoms with E-state index in [2.05, 4.69) is 10.5 Å². The molecule has 6 nitrogen and oxygen atoms in total. The second kappa shape index (κ2) is 10.5. The first-order chi connectivity index (χ1) is 15.3. The first-order valence-corrected chi connectivity index (χ1v) is 11.5. The fraction of sp³-hybridized carbons (Fsp3) is 0.130. The molecule has 0 saturated carbocycles. The van der Waals surface area contributed by atoms with E-state index in [0.29, 0.717) is 5.02 Å². The Labute approximate surface area is 191 Å². The van der Waals surface area contributed by atoms with Gasteiger partial charge in [-0.1, -0.05) is 59.6 Å². The van der Waals surface area contributed by atoms with Gasteiger partial charge in [-0.15, -0.1) is 0 Å². The number of hydrogen-bond acceptors (Lipinski definition) is 4. The number of amides is 1. The van der Waals surface area contributed by atoms with Gasteiger partial charge >= 0.3 is 0 Å². The fourth-order valence-corrected chi connectivity index (χ4v) is 4.34. The van der Waals surface area contributed by atoms with Crippen LogP contribution in [0.1, 0.15) is 16.7 Å². The summed E-state index contributed by atoms with van der Waals surface area (Å²) in [6.07, 6.45) is 1.16. The quantitative estimate of drug-likeness (QED) is 0.394. The van der Waals surface area contributed by atoms with Crippen molar-refractivity contribution in [2.45, 2.75) is 18.4 Å². The average molecular weight is 474 g/mol. The topological polar surface area (TPSA) is 78.8 Å². The van der Waals surface area contributed by atoms with Gasteiger partial charge in [0.05, 0.1) is 17.7 Å². The van der Waals surface area contributed by atoms with Crippen LogP contribution in [-0.4, -0.2) is 31.4 Å². The summed E-state index contributed by atoms with van der Waals surface area (Å²) >= 11 is 5.87. The molecule has 0 bridgehead atoms. The van der Waals surface area contributed by atoms with Gasteiger partial charge in [-0.2, -0.15) is 9.41 Å². The molecule has 166 valence electrons. The van der Waals surface area contributed by atoms with Crippen LogP contribution in [0.3, 0.4) is 0 Å². The van der Waals surface area contributed by atoms with Crippen molar-refractivity contribution >= 4 is 33.7 Å². The largest absolute Gasteiger partial charge is 0.272 e. The van der Waals surface area contributed by atoms with Crippen molar-refractivity contribution in [1.29, 1.82) is 0 Å². The van der Waals surface area contributed by atoms with Gasteiger partial charge in [0, 0.05) is 17.1 Å². The Morgan fingerprint density at radius 3 is 2.38 bits per heavy atom. The van der Waals surface area contributed by atoms with Crippen LogP contribution >= 0.6 is 11.6 Å². The van der Waals surface area contributed by atoms with Gasteiger partial charge in [0.15, 0.2) is 0 Å². The van der Waals surface area contributed by atoms with Crippen LogP contribution < -0.4 is 5.43 Å². The Morgan fingerprint density at radius 2 is 1.72 bits per heavy atom. The molecule has 0 aromatic heterocycles. The predicted molar refractivity (Wildman–Crippen MR) is 122 cm³/mol. The summed E-state index contributed by atoms with van der Waals surface area (Å²) in [5.41, 5.74) is 4.19. The molecule has 0 atom stereocenters. The molecule has 0 aliphatic heterocycles. The summed E-state index contributed by atoms with van der Waals surface area (Å²) < 4.78 is 41.1. The van der Waals surface area contributed by atoms with E-state index in [-0.39, 0.29) is 17.0 Å². The minimum absolute atomic E-state index is 0.0108. The van der Waals surface area contributed by atoms with Crippen LogP contribution in [0.5, 0.6) is 0 Å². The number of hydrazone groups is 1. The zero-order chi connectivity index (χ0) is 23.1. The molecule has 1 amide bonds. The third-order valence-electron chi connectivity index (χ3n) is 4.55. The smallest absolute Gasteiger partial charge is 0.255 e. The maximum Gasteiger partial charge on any atom is 0.255 e. The van der Waals surface area contributed by atoms with Crippen LogP contribution in [0, 0.1) is 12.7 Å². The number of rotatable bonds is 8. The molecule has 0 heterocycles. The number of halogens is 2. The fourth-order valence-electron chi connectivity index (χ4n) is 2.83. The van der Waals surface area contributed by atoms with E-state index >= 15 is 0 Å². The van der Waals surface area contributed by atoms with Gasteiger partial charge in [0.2, 0.25) is 10.0 Å². The third kappa shape index (κ3) is 6.23. The molecule has 0 saturated heterocycles. The zero-order valence-electron chi connectivity index (χ0n) is 17.2. The van der Waals surface area contributed by atoms with Gasteiger partial charge in [-0.3, -0.25) is 4.79 Å². The maximum absolute atomic E-state index is 13.7. The number of carbonyl (C=O) groups is 1. The van der Waals surface area contributed by atoms with Crippen molar-refractivity contribution in [2.75, 3.05) is 6.54 Å². The SMILES string of the molecule is Cc1ccc(CN(CC(=O)N/N=C\c2ccccc2F)S(=O)(=O)c2ccc(Cl)cc2)cc1. The van der Waals surface area contributed by atoms with Crippen molar-refractivity contribution in [1.82, 2.24) is 9.73 Å². The van der Waals surface area contributed by atoms with Crippen molar-refractivity contribution in [2.24, 2.45) is 5.10 Å². The molecule has 3 aromatic rings. The molecule has 0 radical (unpaired) electrons. The van der Waals surface area contributed by atoms with Gasteiger partial charge in [-0.05, 0) is 42.8 Å². The van der Waals surface area contributed by atoms with E-state index in [1.54, 1.807) is 18.2 Å². The van der Waals surface area contributed by atoms with Gasteiger partial charge in [0.1, 0.15) is 5.82 Å². The number of nitrogens with one attached hydrogen (secondary N) is 1. The Bertz CT molecular complexity index is 1210. The van der Waals surface area contributed by atoms with Crippen LogP contribution in [0.4, 0.5) is 4.39 Å². The van der Waals surface area contributed by atoms with E-state index in [1.165, 1.54) is 42.5 Å². The molecule has 0 aliphatic rings. The highest BCUT2D eigenvalue weighted by Gasteiger charge is 2.27. The second-order valence-electron chi connectivity index (χ2n) is 7.03. The van der Waals surface area contributed by atoms with Crippen molar-refractivity contribution in [3.8, 4) is 0 Å². The minimum atomic E-state index is -4.00. The van der Waals surface area contributed by atoms with E-state index in [4.69, 9.17) is 11.6 Å². The summed E-state index contributed by atoms with van der Waals surface area (Å²) in [6, 6.07) is 19.0. The van der Waals surface area contributed by atoms with E-state index in [1.807, 2.05) is 19.1 Å². The monoisotopic (exact) mass is 473 g/mol. The van der Waals surface area contributed by atoms with Crippen LogP contribution in [-0.2, 0) is 21.4 Å². The maximum atomic E-state index is 13.7. The summed E-state index contributed by atoms with van der Waals surface area (Å²) in [7, 11) is -4.00. The molecule has 3 rings (SSSR count). The number of hydrogen-bond donors (Lipinski definition) is 1. The van der Waals surface area contributed by atoms with E-state index in [9.17, 15) is 17.6 Å². The van der Waals surface area contributed by atoms with Gasteiger partial charge in [0.25, 0.3) is 5.91 Å². The second-order valence-corrected chi connectivity index (χ2v) is 9.40. The first kappa shape index (κ1) is 23.6. The number of carbonyl (C=O) groups excluding carboxylic acids is 1. The molecule has 3 aromatic carbocycles.